The van der Waals surface area contributed by atoms with Gasteiger partial charge in [-0.15, -0.1) is 0 Å². The average molecular weight is 367 g/mol. The molecule has 144 valence electrons. The van der Waals surface area contributed by atoms with E-state index in [0.29, 0.717) is 25.0 Å². The predicted molar refractivity (Wildman–Crippen MR) is 113 cm³/mol. The third kappa shape index (κ3) is 5.23. The number of guanidine groups is 1. The zero-order valence-corrected chi connectivity index (χ0v) is 16.3. The molecule has 5 heteroatoms. The van der Waals surface area contributed by atoms with Gasteiger partial charge in [-0.1, -0.05) is 18.2 Å². The van der Waals surface area contributed by atoms with Crippen molar-refractivity contribution in [3.8, 4) is 0 Å². The SMILES string of the molecule is Cc1ccc(NC(N)=NCc2ccc(N3CCC(CO)CC3)cc2)cc1C. The van der Waals surface area contributed by atoms with Crippen LogP contribution < -0.4 is 16.0 Å². The van der Waals surface area contributed by atoms with Crippen molar-refractivity contribution in [2.24, 2.45) is 16.6 Å². The Kier molecular flexibility index (Phi) is 6.35. The molecule has 0 aliphatic carbocycles. The lowest BCUT2D eigenvalue weighted by Gasteiger charge is -2.32. The molecule has 0 aromatic heterocycles. The van der Waals surface area contributed by atoms with Crippen molar-refractivity contribution in [1.82, 2.24) is 0 Å². The Labute approximate surface area is 161 Å². The van der Waals surface area contributed by atoms with Crippen molar-refractivity contribution < 1.29 is 5.11 Å². The maximum absolute atomic E-state index is 9.26. The van der Waals surface area contributed by atoms with Gasteiger partial charge >= 0.3 is 0 Å². The van der Waals surface area contributed by atoms with Gasteiger partial charge in [0.1, 0.15) is 0 Å². The molecule has 0 unspecified atom stereocenters. The van der Waals surface area contributed by atoms with E-state index in [9.17, 15) is 5.11 Å². The van der Waals surface area contributed by atoms with Crippen LogP contribution in [0.15, 0.2) is 47.5 Å². The van der Waals surface area contributed by atoms with Gasteiger partial charge in [0.25, 0.3) is 0 Å². The minimum atomic E-state index is 0.308. The number of nitrogens with two attached hydrogens (primary N) is 1. The number of aryl methyl sites for hydroxylation is 2. The number of piperidine rings is 1. The van der Waals surface area contributed by atoms with Crippen LogP contribution in [0, 0.1) is 19.8 Å². The van der Waals surface area contributed by atoms with E-state index in [-0.39, 0.29) is 0 Å². The number of nitrogens with one attached hydrogen (secondary N) is 1. The van der Waals surface area contributed by atoms with Gasteiger partial charge in [-0.25, -0.2) is 4.99 Å². The van der Waals surface area contributed by atoms with Crippen LogP contribution in [-0.4, -0.2) is 30.8 Å². The minimum Gasteiger partial charge on any atom is -0.396 e. The zero-order valence-electron chi connectivity index (χ0n) is 16.3. The Hall–Kier alpha value is -2.53. The fourth-order valence-corrected chi connectivity index (χ4v) is 3.37. The number of hydrogen-bond acceptors (Lipinski definition) is 3. The Bertz CT molecular complexity index is 777. The first kappa shape index (κ1) is 19.2. The van der Waals surface area contributed by atoms with Crippen molar-refractivity contribution >= 4 is 17.3 Å². The van der Waals surface area contributed by atoms with Crippen LogP contribution in [0.5, 0.6) is 0 Å². The summed E-state index contributed by atoms with van der Waals surface area (Å²) < 4.78 is 0. The molecular weight excluding hydrogens is 336 g/mol. The smallest absolute Gasteiger partial charge is 0.193 e. The Morgan fingerprint density at radius 1 is 1.11 bits per heavy atom. The van der Waals surface area contributed by atoms with Gasteiger partial charge in [-0.3, -0.25) is 0 Å². The number of aliphatic hydroxyl groups is 1. The van der Waals surface area contributed by atoms with Gasteiger partial charge < -0.3 is 21.1 Å². The molecule has 2 aromatic carbocycles. The lowest BCUT2D eigenvalue weighted by Crippen LogP contribution is -2.34. The first-order chi connectivity index (χ1) is 13.0. The molecule has 0 spiro atoms. The maximum atomic E-state index is 9.26. The van der Waals surface area contributed by atoms with Crippen LogP contribution in [-0.2, 0) is 6.54 Å². The number of aliphatic hydroxyl groups excluding tert-OH is 1. The summed E-state index contributed by atoms with van der Waals surface area (Å²) in [6, 6.07) is 14.7. The van der Waals surface area contributed by atoms with Crippen molar-refractivity contribution in [3.63, 3.8) is 0 Å². The molecule has 0 saturated carbocycles. The summed E-state index contributed by atoms with van der Waals surface area (Å²) in [4.78, 5) is 6.83. The molecule has 2 aromatic rings. The fourth-order valence-electron chi connectivity index (χ4n) is 3.37. The average Bonchev–Trinajstić information content (AvgIpc) is 2.70. The van der Waals surface area contributed by atoms with Crippen molar-refractivity contribution in [1.29, 1.82) is 0 Å². The number of aliphatic imine (C=N–C) groups is 1. The number of nitrogens with zero attached hydrogens (tertiary/aromatic N) is 2. The second-order valence-electron chi connectivity index (χ2n) is 7.40. The molecule has 4 N–H and O–H groups in total. The van der Waals surface area contributed by atoms with E-state index < -0.39 is 0 Å². The summed E-state index contributed by atoms with van der Waals surface area (Å²) in [5.41, 5.74) is 11.8. The maximum Gasteiger partial charge on any atom is 0.193 e. The molecule has 1 heterocycles. The molecule has 0 amide bonds. The fraction of sp³-hybridized carbons (Fsp3) is 0.409. The molecule has 0 atom stereocenters. The normalized spacial score (nSPS) is 15.8. The van der Waals surface area contributed by atoms with Crippen LogP contribution in [0.25, 0.3) is 0 Å². The largest absolute Gasteiger partial charge is 0.396 e. The van der Waals surface area contributed by atoms with Gasteiger partial charge in [-0.2, -0.15) is 0 Å². The molecule has 1 aliphatic rings. The molecule has 5 nitrogen and oxygen atoms in total. The first-order valence-electron chi connectivity index (χ1n) is 9.64. The first-order valence-corrected chi connectivity index (χ1v) is 9.64. The van der Waals surface area contributed by atoms with Crippen molar-refractivity contribution in [2.45, 2.75) is 33.2 Å². The van der Waals surface area contributed by atoms with Crippen LogP contribution in [0.3, 0.4) is 0 Å². The molecule has 27 heavy (non-hydrogen) atoms. The molecule has 0 bridgehead atoms. The zero-order chi connectivity index (χ0) is 19.2. The van der Waals surface area contributed by atoms with Gasteiger partial charge in [0.05, 0.1) is 6.54 Å². The quantitative estimate of drug-likeness (QED) is 0.560. The lowest BCUT2D eigenvalue weighted by molar-refractivity contribution is 0.203. The molecule has 1 fully saturated rings. The summed E-state index contributed by atoms with van der Waals surface area (Å²) >= 11 is 0. The van der Waals surface area contributed by atoms with E-state index in [1.54, 1.807) is 0 Å². The number of anilines is 2. The molecule has 1 saturated heterocycles. The molecular formula is C22H30N4O. The lowest BCUT2D eigenvalue weighted by atomic mass is 9.97. The summed E-state index contributed by atoms with van der Waals surface area (Å²) in [5, 5.41) is 12.4. The molecule has 3 rings (SSSR count). The number of hydrogen-bond donors (Lipinski definition) is 3. The van der Waals surface area contributed by atoms with E-state index in [1.165, 1.54) is 16.8 Å². The van der Waals surface area contributed by atoms with Crippen LogP contribution in [0.4, 0.5) is 11.4 Å². The van der Waals surface area contributed by atoms with Crippen LogP contribution in [0.1, 0.15) is 29.5 Å². The second kappa shape index (κ2) is 8.91. The minimum absolute atomic E-state index is 0.308. The van der Waals surface area contributed by atoms with E-state index in [4.69, 9.17) is 5.73 Å². The number of rotatable bonds is 5. The van der Waals surface area contributed by atoms with Gasteiger partial charge in [0.2, 0.25) is 0 Å². The summed E-state index contributed by atoms with van der Waals surface area (Å²) in [7, 11) is 0. The van der Waals surface area contributed by atoms with Crippen LogP contribution >= 0.6 is 0 Å². The predicted octanol–water partition coefficient (Wildman–Crippen LogP) is 3.44. The van der Waals surface area contributed by atoms with Crippen molar-refractivity contribution in [2.75, 3.05) is 29.9 Å². The Morgan fingerprint density at radius 3 is 2.44 bits per heavy atom. The van der Waals surface area contributed by atoms with E-state index in [1.807, 2.05) is 6.07 Å². The van der Waals surface area contributed by atoms with E-state index in [0.717, 1.165) is 37.2 Å². The van der Waals surface area contributed by atoms with Gasteiger partial charge in [-0.05, 0) is 73.6 Å². The molecule has 0 radical (unpaired) electrons. The summed E-state index contributed by atoms with van der Waals surface area (Å²) in [6.07, 6.45) is 2.12. The van der Waals surface area contributed by atoms with Gasteiger partial charge in [0, 0.05) is 31.1 Å². The van der Waals surface area contributed by atoms with E-state index in [2.05, 4.69) is 65.5 Å². The third-order valence-electron chi connectivity index (χ3n) is 5.39. The third-order valence-corrected chi connectivity index (χ3v) is 5.39. The highest BCUT2D eigenvalue weighted by molar-refractivity contribution is 5.92. The Balaban J connectivity index is 1.54. The molecule has 1 aliphatic heterocycles. The highest BCUT2D eigenvalue weighted by atomic mass is 16.3. The van der Waals surface area contributed by atoms with Crippen molar-refractivity contribution in [3.05, 3.63) is 59.2 Å². The Morgan fingerprint density at radius 2 is 1.81 bits per heavy atom. The van der Waals surface area contributed by atoms with Gasteiger partial charge in [0.15, 0.2) is 5.96 Å². The highest BCUT2D eigenvalue weighted by Gasteiger charge is 2.18. The topological polar surface area (TPSA) is 73.9 Å². The standard InChI is InChI=1S/C22H30N4O/c1-16-3-6-20(13-17(16)2)25-22(23)24-14-18-4-7-21(8-5-18)26-11-9-19(15-27)10-12-26/h3-8,13,19,27H,9-12,14-15H2,1-2H3,(H3,23,24,25). The van der Waals surface area contributed by atoms with E-state index >= 15 is 0 Å². The summed E-state index contributed by atoms with van der Waals surface area (Å²) in [6.45, 7) is 7.06. The highest BCUT2D eigenvalue weighted by Crippen LogP contribution is 2.23. The monoisotopic (exact) mass is 366 g/mol. The second-order valence-corrected chi connectivity index (χ2v) is 7.40. The summed E-state index contributed by atoms with van der Waals surface area (Å²) in [5.74, 6) is 0.885. The van der Waals surface area contributed by atoms with Crippen LogP contribution in [0.2, 0.25) is 0 Å². The number of benzene rings is 2.